The molecule has 0 aromatic heterocycles. The minimum absolute atomic E-state index is 0.0339. The predicted molar refractivity (Wildman–Crippen MR) is 252 cm³/mol. The van der Waals surface area contributed by atoms with Crippen molar-refractivity contribution in [3.05, 3.63) is 271 Å². The van der Waals surface area contributed by atoms with Gasteiger partial charge in [0.25, 0.3) is 0 Å². The van der Waals surface area contributed by atoms with Crippen LogP contribution in [0.5, 0.6) is 0 Å². The van der Waals surface area contributed by atoms with Gasteiger partial charge >= 0.3 is 0 Å². The van der Waals surface area contributed by atoms with Crippen LogP contribution in [-0.4, -0.2) is 0 Å². The van der Waals surface area contributed by atoms with E-state index in [1.165, 1.54) is 4.90 Å². The molecule has 11 rings (SSSR count). The minimum Gasteiger partial charge on any atom is -0.310 e. The molecule has 0 atom stereocenters. The summed E-state index contributed by atoms with van der Waals surface area (Å²) in [5.41, 5.74) is 0.726. The van der Waals surface area contributed by atoms with Crippen molar-refractivity contribution < 1.29 is 23.3 Å². The summed E-state index contributed by atoms with van der Waals surface area (Å²) in [5, 5.41) is 1.41. The molecule has 0 fully saturated rings. The van der Waals surface area contributed by atoms with Gasteiger partial charge in [0.1, 0.15) is 0 Å². The van der Waals surface area contributed by atoms with Crippen LogP contribution in [0.25, 0.3) is 55.3 Å². The van der Waals surface area contributed by atoms with Gasteiger partial charge in [-0.1, -0.05) is 218 Å². The van der Waals surface area contributed by atoms with E-state index in [0.29, 0.717) is 22.1 Å². The lowest BCUT2D eigenvalue weighted by Crippen LogP contribution is -2.28. The fourth-order valence-corrected chi connectivity index (χ4v) is 8.52. The number of hydrogen-bond donors (Lipinski definition) is 0. The molecule has 10 aromatic rings. The molecule has 0 aliphatic heterocycles. The second-order valence-corrected chi connectivity index (χ2v) is 14.3. The molecule has 282 valence electrons. The van der Waals surface area contributed by atoms with Gasteiger partial charge in [-0.3, -0.25) is 0 Å². The highest BCUT2D eigenvalue weighted by atomic mass is 15.1. The molecule has 0 unspecified atom stereocenters. The van der Waals surface area contributed by atoms with Gasteiger partial charge in [-0.05, 0) is 102 Å². The largest absolute Gasteiger partial charge is 0.310 e. The fourth-order valence-electron chi connectivity index (χ4n) is 8.52. The van der Waals surface area contributed by atoms with Crippen LogP contribution in [0.2, 0.25) is 0 Å². The Kier molecular flexibility index (Phi) is 5.42. The van der Waals surface area contributed by atoms with Crippen molar-refractivity contribution in [3.8, 4) is 44.5 Å². The van der Waals surface area contributed by atoms with Crippen LogP contribution < -0.4 is 4.90 Å². The summed E-state index contributed by atoms with van der Waals surface area (Å²) in [4.78, 5) is 1.28. The maximum Gasteiger partial charge on any atom is 0.0714 e. The lowest BCUT2D eigenvalue weighted by molar-refractivity contribution is 0.768. The summed E-state index contributed by atoms with van der Waals surface area (Å²) >= 11 is 0. The summed E-state index contributed by atoms with van der Waals surface area (Å²) in [6, 6.07) is 32.8. The SMILES string of the molecule is [2H]c1c([2H])c([2H])c(-c2c([2H])c([2H])c(-c3c([2H])c([2H])c(N(c4cccc5c4-c4ccccc4C5(c4ccccc4)c4ccccc4)c4c([2H])c([2H])c([2H])c(-c5cccc6ccccc56)c4[2H])c([2H])c3[2H])c([2H])c2[2H])c([2H])c1[2H]. The lowest BCUT2D eigenvalue weighted by Gasteiger charge is -2.34. The molecule has 0 saturated heterocycles. The third-order valence-corrected chi connectivity index (χ3v) is 11.1. The monoisotopic (exact) mass is 780 g/mol. The van der Waals surface area contributed by atoms with Crippen LogP contribution in [0.4, 0.5) is 17.1 Å². The maximum absolute atomic E-state index is 10.2. The van der Waals surface area contributed by atoms with Crippen molar-refractivity contribution in [3.63, 3.8) is 0 Å². The second kappa shape index (κ2) is 14.9. The van der Waals surface area contributed by atoms with Gasteiger partial charge in [0.05, 0.1) is 34.4 Å². The van der Waals surface area contributed by atoms with E-state index in [1.807, 2.05) is 115 Å². The summed E-state index contributed by atoms with van der Waals surface area (Å²) < 4.78 is 157. The minimum atomic E-state index is -1.01. The van der Waals surface area contributed by atoms with Crippen molar-refractivity contribution in [2.45, 2.75) is 5.41 Å². The number of benzene rings is 10. The Morgan fingerprint density at radius 1 is 0.367 bits per heavy atom. The van der Waals surface area contributed by atoms with E-state index in [1.54, 1.807) is 30.3 Å². The third kappa shape index (κ3) is 5.86. The summed E-state index contributed by atoms with van der Waals surface area (Å²) in [6.45, 7) is 0. The van der Waals surface area contributed by atoms with Crippen LogP contribution in [0.3, 0.4) is 0 Å². The highest BCUT2D eigenvalue weighted by Gasteiger charge is 2.47. The summed E-state index contributed by atoms with van der Waals surface area (Å²) in [5.74, 6) is 0. The van der Waals surface area contributed by atoms with E-state index < -0.39 is 136 Å². The van der Waals surface area contributed by atoms with Crippen molar-refractivity contribution in [1.29, 1.82) is 0 Å². The summed E-state index contributed by atoms with van der Waals surface area (Å²) in [7, 11) is 0. The van der Waals surface area contributed by atoms with Crippen LogP contribution in [-0.2, 0) is 5.41 Å². The molecule has 60 heavy (non-hydrogen) atoms. The van der Waals surface area contributed by atoms with Gasteiger partial charge < -0.3 is 4.90 Å². The van der Waals surface area contributed by atoms with Crippen molar-refractivity contribution >= 4 is 27.8 Å². The van der Waals surface area contributed by atoms with Gasteiger partial charge in [-0.2, -0.15) is 0 Å². The van der Waals surface area contributed by atoms with E-state index in [4.69, 9.17) is 9.60 Å². The molecule has 1 nitrogen and oxygen atoms in total. The van der Waals surface area contributed by atoms with Crippen LogP contribution in [0, 0.1) is 0 Å². The topological polar surface area (TPSA) is 3.24 Å². The first-order chi connectivity index (χ1) is 36.9. The molecule has 0 bridgehead atoms. The lowest BCUT2D eigenvalue weighted by atomic mass is 9.68. The molecular weight excluding hydrogens is 723 g/mol. The van der Waals surface area contributed by atoms with Gasteiger partial charge in [0, 0.05) is 16.9 Å². The number of anilines is 3. The number of nitrogens with zero attached hydrogens (tertiary/aromatic N) is 1. The molecule has 1 aliphatic rings. The normalized spacial score (nSPS) is 16.4. The van der Waals surface area contributed by atoms with E-state index in [2.05, 4.69) is 0 Å². The average Bonchev–Trinajstić information content (AvgIpc) is 3.97. The van der Waals surface area contributed by atoms with Gasteiger partial charge in [-0.25, -0.2) is 0 Å². The Morgan fingerprint density at radius 2 is 0.900 bits per heavy atom. The number of rotatable bonds is 8. The maximum atomic E-state index is 10.2. The zero-order valence-corrected chi connectivity index (χ0v) is 31.8. The Morgan fingerprint density at radius 3 is 1.62 bits per heavy atom. The zero-order valence-electron chi connectivity index (χ0n) is 48.8. The van der Waals surface area contributed by atoms with Crippen molar-refractivity contribution in [2.75, 3.05) is 4.90 Å². The molecule has 10 aromatic carbocycles. The Hall–Kier alpha value is -7.74. The standard InChI is InChI=1S/C59H41N/c1-4-17-42(18-5-1)43-33-35-44(36-34-43)45-37-39-50(40-38-45)60(51-26-14-21-47(41-51)53-29-15-20-46-19-10-11-27-52(46)53)57-32-16-31-56-58(57)54-28-12-13-30-55(54)59(56,48-22-6-2-7-23-48)49-24-8-3-9-25-49/h1-41H/i1D,4D,5D,14D,17D,18D,21D,26D,33D,34D,35D,36D,37D,38D,39D,40D,41D. The van der Waals surface area contributed by atoms with Gasteiger partial charge in [0.15, 0.2) is 0 Å². The molecule has 1 heteroatoms. The fraction of sp³-hybridized carbons (Fsp3) is 0.0169. The first-order valence-electron chi connectivity index (χ1n) is 27.9. The molecule has 0 radical (unpaired) electrons. The molecule has 0 spiro atoms. The number of fused-ring (bicyclic) bond motifs is 4. The van der Waals surface area contributed by atoms with Crippen LogP contribution >= 0.6 is 0 Å². The highest BCUT2D eigenvalue weighted by molar-refractivity contribution is 6.00. The van der Waals surface area contributed by atoms with E-state index in [9.17, 15) is 13.7 Å². The van der Waals surface area contributed by atoms with E-state index in [-0.39, 0.29) is 16.9 Å². The average molecular weight is 781 g/mol. The molecule has 0 amide bonds. The van der Waals surface area contributed by atoms with Crippen molar-refractivity contribution in [1.82, 2.24) is 0 Å². The zero-order chi connectivity index (χ0) is 54.7. The molecule has 0 saturated carbocycles. The second-order valence-electron chi connectivity index (χ2n) is 14.3. The Balaban J connectivity index is 1.26. The Labute approximate surface area is 376 Å². The van der Waals surface area contributed by atoms with E-state index in [0.717, 1.165) is 27.6 Å². The van der Waals surface area contributed by atoms with Gasteiger partial charge in [-0.15, -0.1) is 0 Å². The molecule has 0 N–H and O–H groups in total. The first kappa shape index (κ1) is 21.9. The van der Waals surface area contributed by atoms with E-state index >= 15 is 0 Å². The van der Waals surface area contributed by atoms with Crippen LogP contribution in [0.15, 0.2) is 248 Å². The molecule has 0 heterocycles. The number of hydrogen-bond acceptors (Lipinski definition) is 1. The van der Waals surface area contributed by atoms with Crippen molar-refractivity contribution in [2.24, 2.45) is 0 Å². The third-order valence-electron chi connectivity index (χ3n) is 11.1. The Bertz CT molecular complexity index is 4010. The first-order valence-corrected chi connectivity index (χ1v) is 19.4. The molecular formula is C59H41N. The quantitative estimate of drug-likeness (QED) is 0.148. The summed E-state index contributed by atoms with van der Waals surface area (Å²) in [6.07, 6.45) is 0. The van der Waals surface area contributed by atoms with Crippen LogP contribution in [0.1, 0.15) is 45.6 Å². The smallest absolute Gasteiger partial charge is 0.0714 e. The predicted octanol–water partition coefficient (Wildman–Crippen LogP) is 15.7. The highest BCUT2D eigenvalue weighted by Crippen LogP contribution is 2.59. The van der Waals surface area contributed by atoms with Gasteiger partial charge in [0.2, 0.25) is 0 Å². The molecule has 1 aliphatic carbocycles.